The standard InChI is InChI=1S/C24H26ClN3O3S/c1-24(2,3)19-7-6-18(22(25)13-19)16-32(30,31)21-10-8-20(9-11-21)28-23(29)27-15-17-5-4-12-26-14-17/h4-14H,15-16H2,1-3H3,(H2,27,28,29). The van der Waals surface area contributed by atoms with Crippen LogP contribution < -0.4 is 10.6 Å². The Morgan fingerprint density at radius 2 is 1.78 bits per heavy atom. The van der Waals surface area contributed by atoms with Crippen molar-refractivity contribution in [1.82, 2.24) is 10.3 Å². The third-order valence-electron chi connectivity index (χ3n) is 4.91. The molecule has 168 valence electrons. The Balaban J connectivity index is 1.64. The van der Waals surface area contributed by atoms with E-state index in [0.717, 1.165) is 11.1 Å². The molecule has 0 aliphatic rings. The number of nitrogens with zero attached hydrogens (tertiary/aromatic N) is 1. The van der Waals surface area contributed by atoms with E-state index in [1.165, 1.54) is 12.1 Å². The summed E-state index contributed by atoms with van der Waals surface area (Å²) in [6.45, 7) is 6.55. The second kappa shape index (κ2) is 9.71. The fourth-order valence-corrected chi connectivity index (χ4v) is 4.73. The predicted octanol–water partition coefficient (Wildman–Crippen LogP) is 5.33. The molecule has 32 heavy (non-hydrogen) atoms. The average Bonchev–Trinajstić information content (AvgIpc) is 2.74. The van der Waals surface area contributed by atoms with Crippen LogP contribution in [-0.4, -0.2) is 19.4 Å². The van der Waals surface area contributed by atoms with Crippen LogP contribution in [0.1, 0.15) is 37.5 Å². The average molecular weight is 472 g/mol. The van der Waals surface area contributed by atoms with Crippen molar-refractivity contribution in [3.05, 3.63) is 88.7 Å². The molecule has 3 aromatic rings. The lowest BCUT2D eigenvalue weighted by molar-refractivity contribution is 0.251. The van der Waals surface area contributed by atoms with Crippen LogP contribution in [0.4, 0.5) is 10.5 Å². The monoisotopic (exact) mass is 471 g/mol. The molecule has 0 radical (unpaired) electrons. The maximum absolute atomic E-state index is 12.9. The fourth-order valence-electron chi connectivity index (χ4n) is 3.02. The SMILES string of the molecule is CC(C)(C)c1ccc(CS(=O)(=O)c2ccc(NC(=O)NCc3cccnc3)cc2)c(Cl)c1. The van der Waals surface area contributed by atoms with Crippen molar-refractivity contribution in [2.24, 2.45) is 0 Å². The van der Waals surface area contributed by atoms with Gasteiger partial charge in [-0.1, -0.05) is 50.6 Å². The van der Waals surface area contributed by atoms with Gasteiger partial charge < -0.3 is 10.6 Å². The van der Waals surface area contributed by atoms with E-state index in [-0.39, 0.29) is 16.1 Å². The number of benzene rings is 2. The van der Waals surface area contributed by atoms with Crippen molar-refractivity contribution in [1.29, 1.82) is 0 Å². The lowest BCUT2D eigenvalue weighted by atomic mass is 9.87. The van der Waals surface area contributed by atoms with Crippen LogP contribution in [0.25, 0.3) is 0 Å². The molecule has 1 heterocycles. The Bertz CT molecular complexity index is 1190. The van der Waals surface area contributed by atoms with Crippen molar-refractivity contribution in [2.45, 2.75) is 43.4 Å². The van der Waals surface area contributed by atoms with Crippen LogP contribution in [0.3, 0.4) is 0 Å². The maximum Gasteiger partial charge on any atom is 0.319 e. The number of aromatic nitrogens is 1. The molecule has 2 N–H and O–H groups in total. The van der Waals surface area contributed by atoms with Crippen LogP contribution >= 0.6 is 11.6 Å². The van der Waals surface area contributed by atoms with Gasteiger partial charge in [0.15, 0.2) is 9.84 Å². The van der Waals surface area contributed by atoms with Gasteiger partial charge in [-0.25, -0.2) is 13.2 Å². The second-order valence-electron chi connectivity index (χ2n) is 8.51. The zero-order valence-electron chi connectivity index (χ0n) is 18.2. The normalized spacial score (nSPS) is 11.8. The quantitative estimate of drug-likeness (QED) is 0.508. The molecule has 3 rings (SSSR count). The molecule has 2 amide bonds. The van der Waals surface area contributed by atoms with Gasteiger partial charge in [-0.2, -0.15) is 0 Å². The summed E-state index contributed by atoms with van der Waals surface area (Å²) in [5.74, 6) is -0.200. The third kappa shape index (κ3) is 6.31. The van der Waals surface area contributed by atoms with Crippen LogP contribution in [0.5, 0.6) is 0 Å². The van der Waals surface area contributed by atoms with E-state index in [0.29, 0.717) is 22.8 Å². The first-order valence-corrected chi connectivity index (χ1v) is 12.1. The Hall–Kier alpha value is -2.90. The molecule has 0 saturated carbocycles. The number of anilines is 1. The van der Waals surface area contributed by atoms with E-state index in [1.54, 1.807) is 36.7 Å². The summed E-state index contributed by atoms with van der Waals surface area (Å²) in [6.07, 6.45) is 3.33. The highest BCUT2D eigenvalue weighted by molar-refractivity contribution is 7.90. The van der Waals surface area contributed by atoms with Crippen LogP contribution in [0.15, 0.2) is 71.9 Å². The van der Waals surface area contributed by atoms with Gasteiger partial charge in [0.25, 0.3) is 0 Å². The van der Waals surface area contributed by atoms with E-state index < -0.39 is 15.9 Å². The fraction of sp³-hybridized carbons (Fsp3) is 0.250. The van der Waals surface area contributed by atoms with Crippen LogP contribution in [0.2, 0.25) is 5.02 Å². The largest absolute Gasteiger partial charge is 0.334 e. The Kier molecular flexibility index (Phi) is 7.21. The minimum Gasteiger partial charge on any atom is -0.334 e. The van der Waals surface area contributed by atoms with Gasteiger partial charge >= 0.3 is 6.03 Å². The predicted molar refractivity (Wildman–Crippen MR) is 128 cm³/mol. The van der Waals surface area contributed by atoms with Crippen molar-refractivity contribution in [2.75, 3.05) is 5.32 Å². The van der Waals surface area contributed by atoms with Gasteiger partial charge in [0.1, 0.15) is 0 Å². The van der Waals surface area contributed by atoms with Crippen LogP contribution in [0, 0.1) is 0 Å². The smallest absolute Gasteiger partial charge is 0.319 e. The number of nitrogens with one attached hydrogen (secondary N) is 2. The molecule has 0 unspecified atom stereocenters. The molecule has 0 bridgehead atoms. The first-order chi connectivity index (χ1) is 15.0. The van der Waals surface area contributed by atoms with Crippen molar-refractivity contribution < 1.29 is 13.2 Å². The number of rotatable bonds is 6. The van der Waals surface area contributed by atoms with Crippen molar-refractivity contribution in [3.63, 3.8) is 0 Å². The zero-order valence-corrected chi connectivity index (χ0v) is 19.8. The van der Waals surface area contributed by atoms with E-state index in [4.69, 9.17) is 11.6 Å². The summed E-state index contributed by atoms with van der Waals surface area (Å²) in [7, 11) is -3.60. The lowest BCUT2D eigenvalue weighted by Crippen LogP contribution is -2.28. The molecule has 0 aliphatic carbocycles. The first-order valence-electron chi connectivity index (χ1n) is 10.1. The van der Waals surface area contributed by atoms with Crippen LogP contribution in [-0.2, 0) is 27.5 Å². The number of hydrogen-bond acceptors (Lipinski definition) is 4. The van der Waals surface area contributed by atoms with E-state index in [2.05, 4.69) is 36.4 Å². The van der Waals surface area contributed by atoms with Gasteiger partial charge in [-0.3, -0.25) is 4.98 Å². The minimum absolute atomic E-state index is 0.0752. The summed E-state index contributed by atoms with van der Waals surface area (Å²) in [6, 6.07) is 14.8. The van der Waals surface area contributed by atoms with E-state index in [1.807, 2.05) is 18.2 Å². The number of sulfone groups is 1. The van der Waals surface area contributed by atoms with Gasteiger partial charge in [-0.15, -0.1) is 0 Å². The molecule has 6 nitrogen and oxygen atoms in total. The molecular weight excluding hydrogens is 446 g/mol. The Labute approximate surface area is 194 Å². The third-order valence-corrected chi connectivity index (χ3v) is 6.95. The number of hydrogen-bond donors (Lipinski definition) is 2. The molecule has 0 atom stereocenters. The second-order valence-corrected chi connectivity index (χ2v) is 10.9. The highest BCUT2D eigenvalue weighted by Gasteiger charge is 2.20. The van der Waals surface area contributed by atoms with Crippen molar-refractivity contribution in [3.8, 4) is 0 Å². The number of carbonyl (C=O) groups excluding carboxylic acids is 1. The molecule has 0 spiro atoms. The van der Waals surface area contributed by atoms with E-state index in [9.17, 15) is 13.2 Å². The number of amides is 2. The first kappa shape index (κ1) is 23.8. The molecule has 0 aliphatic heterocycles. The number of pyridine rings is 1. The highest BCUT2D eigenvalue weighted by Crippen LogP contribution is 2.29. The summed E-state index contributed by atoms with van der Waals surface area (Å²) in [4.78, 5) is 16.2. The number of urea groups is 1. The molecule has 0 saturated heterocycles. The molecular formula is C24H26ClN3O3S. The van der Waals surface area contributed by atoms with Crippen molar-refractivity contribution >= 4 is 33.2 Å². The summed E-state index contributed by atoms with van der Waals surface area (Å²) >= 11 is 6.36. The van der Waals surface area contributed by atoms with E-state index >= 15 is 0 Å². The molecule has 1 aromatic heterocycles. The lowest BCUT2D eigenvalue weighted by Gasteiger charge is -2.20. The molecule has 0 fully saturated rings. The van der Waals surface area contributed by atoms with Gasteiger partial charge in [0.2, 0.25) is 0 Å². The summed E-state index contributed by atoms with van der Waals surface area (Å²) < 4.78 is 25.7. The maximum atomic E-state index is 12.9. The minimum atomic E-state index is -3.60. The van der Waals surface area contributed by atoms with Gasteiger partial charge in [0, 0.05) is 29.6 Å². The Morgan fingerprint density at radius 1 is 1.06 bits per heavy atom. The number of carbonyl (C=O) groups is 1. The number of halogens is 1. The molecule has 8 heteroatoms. The Morgan fingerprint density at radius 3 is 2.38 bits per heavy atom. The topological polar surface area (TPSA) is 88.2 Å². The zero-order chi connectivity index (χ0) is 23.4. The summed E-state index contributed by atoms with van der Waals surface area (Å²) in [5.41, 5.74) is 2.88. The molecule has 2 aromatic carbocycles. The highest BCUT2D eigenvalue weighted by atomic mass is 35.5. The summed E-state index contributed by atoms with van der Waals surface area (Å²) in [5, 5.41) is 5.84. The van der Waals surface area contributed by atoms with Gasteiger partial charge in [0.05, 0.1) is 10.6 Å². The van der Waals surface area contributed by atoms with Gasteiger partial charge in [-0.05, 0) is 58.5 Å².